The molecular weight excluding hydrogens is 401 g/mol. The molecule has 0 radical (unpaired) electrons. The SMILES string of the molecule is O=C(COC(=O)C1(c2ccccc2F)CCCC1)NCCc1ccc2c(c1)OCCO2. The summed E-state index contributed by atoms with van der Waals surface area (Å²) in [5, 5.41) is 2.76. The van der Waals surface area contributed by atoms with Gasteiger partial charge in [-0.3, -0.25) is 9.59 Å². The molecular formula is C24H26FNO5. The van der Waals surface area contributed by atoms with Crippen molar-refractivity contribution in [1.82, 2.24) is 5.32 Å². The lowest BCUT2D eigenvalue weighted by molar-refractivity contribution is -0.154. The molecule has 0 aromatic heterocycles. The molecule has 0 bridgehead atoms. The van der Waals surface area contributed by atoms with E-state index in [1.54, 1.807) is 18.2 Å². The van der Waals surface area contributed by atoms with Crippen LogP contribution in [0.3, 0.4) is 0 Å². The van der Waals surface area contributed by atoms with Gasteiger partial charge in [-0.05, 0) is 43.0 Å². The molecule has 7 heteroatoms. The highest BCUT2D eigenvalue weighted by molar-refractivity contribution is 5.86. The number of amides is 1. The second-order valence-corrected chi connectivity index (χ2v) is 7.92. The first-order valence-corrected chi connectivity index (χ1v) is 10.7. The third-order valence-electron chi connectivity index (χ3n) is 5.91. The summed E-state index contributed by atoms with van der Waals surface area (Å²) in [6.45, 7) is 1.08. The van der Waals surface area contributed by atoms with E-state index in [2.05, 4.69) is 5.32 Å². The number of fused-ring (bicyclic) bond motifs is 1. The Bertz CT molecular complexity index is 955. The quantitative estimate of drug-likeness (QED) is 0.687. The minimum Gasteiger partial charge on any atom is -0.486 e. The summed E-state index contributed by atoms with van der Waals surface area (Å²) in [6, 6.07) is 12.0. The van der Waals surface area contributed by atoms with Gasteiger partial charge in [0.2, 0.25) is 0 Å². The van der Waals surface area contributed by atoms with Crippen molar-refractivity contribution in [2.24, 2.45) is 0 Å². The van der Waals surface area contributed by atoms with Crippen LogP contribution in [0.1, 0.15) is 36.8 Å². The average molecular weight is 427 g/mol. The van der Waals surface area contributed by atoms with Gasteiger partial charge in [0.15, 0.2) is 18.1 Å². The van der Waals surface area contributed by atoms with Crippen LogP contribution < -0.4 is 14.8 Å². The minimum atomic E-state index is -1.00. The summed E-state index contributed by atoms with van der Waals surface area (Å²) in [7, 11) is 0. The van der Waals surface area contributed by atoms with Gasteiger partial charge in [-0.2, -0.15) is 0 Å². The third kappa shape index (κ3) is 4.65. The van der Waals surface area contributed by atoms with Gasteiger partial charge >= 0.3 is 5.97 Å². The molecule has 1 amide bonds. The van der Waals surface area contributed by atoms with E-state index in [1.165, 1.54) is 6.07 Å². The molecule has 1 aliphatic carbocycles. The van der Waals surface area contributed by atoms with Gasteiger partial charge in [0.1, 0.15) is 19.0 Å². The van der Waals surface area contributed by atoms with Gasteiger partial charge < -0.3 is 19.5 Å². The van der Waals surface area contributed by atoms with Crippen LogP contribution in [0.5, 0.6) is 11.5 Å². The number of hydrogen-bond acceptors (Lipinski definition) is 5. The molecule has 1 fully saturated rings. The molecule has 0 atom stereocenters. The summed E-state index contributed by atoms with van der Waals surface area (Å²) in [5.41, 5.74) is 0.360. The molecule has 2 aromatic rings. The highest BCUT2D eigenvalue weighted by atomic mass is 19.1. The summed E-state index contributed by atoms with van der Waals surface area (Å²) < 4.78 is 30.8. The third-order valence-corrected chi connectivity index (χ3v) is 5.91. The average Bonchev–Trinajstić information content (AvgIpc) is 3.29. The van der Waals surface area contributed by atoms with Crippen LogP contribution in [-0.4, -0.2) is 38.2 Å². The number of esters is 1. The first-order valence-electron chi connectivity index (χ1n) is 10.7. The predicted molar refractivity (Wildman–Crippen MR) is 112 cm³/mol. The van der Waals surface area contributed by atoms with Crippen LogP contribution >= 0.6 is 0 Å². The maximum atomic E-state index is 14.4. The largest absolute Gasteiger partial charge is 0.486 e. The summed E-state index contributed by atoms with van der Waals surface area (Å²) >= 11 is 0. The first-order chi connectivity index (χ1) is 15.1. The van der Waals surface area contributed by atoms with Crippen molar-refractivity contribution in [2.75, 3.05) is 26.4 Å². The number of halogens is 1. The molecule has 1 N–H and O–H groups in total. The minimum absolute atomic E-state index is 0.358. The summed E-state index contributed by atoms with van der Waals surface area (Å²) in [5.74, 6) is 0.107. The van der Waals surface area contributed by atoms with Gasteiger partial charge in [-0.15, -0.1) is 0 Å². The highest BCUT2D eigenvalue weighted by Crippen LogP contribution is 2.43. The molecule has 0 saturated heterocycles. The molecule has 1 saturated carbocycles. The van der Waals surface area contributed by atoms with Crippen molar-refractivity contribution in [3.8, 4) is 11.5 Å². The Hall–Kier alpha value is -3.09. The Morgan fingerprint density at radius 1 is 1.03 bits per heavy atom. The van der Waals surface area contributed by atoms with Crippen LogP contribution in [0.15, 0.2) is 42.5 Å². The van der Waals surface area contributed by atoms with Crippen molar-refractivity contribution < 1.29 is 28.2 Å². The van der Waals surface area contributed by atoms with E-state index in [1.807, 2.05) is 18.2 Å². The van der Waals surface area contributed by atoms with Crippen LogP contribution in [0.25, 0.3) is 0 Å². The second kappa shape index (κ2) is 9.37. The number of hydrogen-bond donors (Lipinski definition) is 1. The maximum Gasteiger partial charge on any atom is 0.317 e. The fourth-order valence-corrected chi connectivity index (χ4v) is 4.32. The summed E-state index contributed by atoms with van der Waals surface area (Å²) in [6.07, 6.45) is 3.31. The van der Waals surface area contributed by atoms with E-state index in [0.717, 1.165) is 24.2 Å². The lowest BCUT2D eigenvalue weighted by Crippen LogP contribution is -2.38. The maximum absolute atomic E-state index is 14.4. The molecule has 0 unspecified atom stereocenters. The number of ether oxygens (including phenoxy) is 3. The van der Waals surface area contributed by atoms with E-state index < -0.39 is 17.2 Å². The van der Waals surface area contributed by atoms with Crippen molar-refractivity contribution in [3.63, 3.8) is 0 Å². The number of carbonyl (C=O) groups is 2. The molecule has 1 heterocycles. The van der Waals surface area contributed by atoms with Crippen LogP contribution in [0.4, 0.5) is 4.39 Å². The van der Waals surface area contributed by atoms with Gasteiger partial charge in [0.25, 0.3) is 5.91 Å². The Morgan fingerprint density at radius 2 is 1.77 bits per heavy atom. The standard InChI is InChI=1S/C24H26FNO5/c25-19-6-2-1-5-18(19)24(10-3-4-11-24)23(28)31-16-22(27)26-12-9-17-7-8-20-21(15-17)30-14-13-29-20/h1-2,5-8,15H,3-4,9-14,16H2,(H,26,27). The lowest BCUT2D eigenvalue weighted by atomic mass is 9.78. The van der Waals surface area contributed by atoms with E-state index in [0.29, 0.717) is 50.3 Å². The van der Waals surface area contributed by atoms with Crippen LogP contribution in [0, 0.1) is 5.82 Å². The molecule has 6 nitrogen and oxygen atoms in total. The zero-order valence-electron chi connectivity index (χ0n) is 17.3. The molecule has 0 spiro atoms. The lowest BCUT2D eigenvalue weighted by Gasteiger charge is -2.27. The van der Waals surface area contributed by atoms with Crippen molar-refractivity contribution in [2.45, 2.75) is 37.5 Å². The van der Waals surface area contributed by atoms with Crippen molar-refractivity contribution in [3.05, 3.63) is 59.4 Å². The van der Waals surface area contributed by atoms with E-state index in [4.69, 9.17) is 14.2 Å². The Balaban J connectivity index is 1.28. The summed E-state index contributed by atoms with van der Waals surface area (Å²) in [4.78, 5) is 25.0. The second-order valence-electron chi connectivity index (χ2n) is 7.92. The zero-order chi connectivity index (χ0) is 21.7. The normalized spacial score (nSPS) is 16.5. The molecule has 4 rings (SSSR count). The smallest absolute Gasteiger partial charge is 0.317 e. The number of nitrogens with one attached hydrogen (secondary N) is 1. The molecule has 2 aromatic carbocycles. The molecule has 1 aliphatic heterocycles. The number of rotatable bonds is 7. The first kappa shape index (κ1) is 21.2. The zero-order valence-corrected chi connectivity index (χ0v) is 17.3. The molecule has 31 heavy (non-hydrogen) atoms. The van der Waals surface area contributed by atoms with Gasteiger partial charge in [-0.25, -0.2) is 4.39 Å². The van der Waals surface area contributed by atoms with Crippen LogP contribution in [0.2, 0.25) is 0 Å². The van der Waals surface area contributed by atoms with Crippen molar-refractivity contribution in [1.29, 1.82) is 0 Å². The van der Waals surface area contributed by atoms with E-state index >= 15 is 0 Å². The fourth-order valence-electron chi connectivity index (χ4n) is 4.32. The Morgan fingerprint density at radius 3 is 2.55 bits per heavy atom. The number of benzene rings is 2. The van der Waals surface area contributed by atoms with Gasteiger partial charge in [0, 0.05) is 12.1 Å². The van der Waals surface area contributed by atoms with E-state index in [9.17, 15) is 14.0 Å². The monoisotopic (exact) mass is 427 g/mol. The van der Waals surface area contributed by atoms with Crippen molar-refractivity contribution >= 4 is 11.9 Å². The predicted octanol–water partition coefficient (Wildman–Crippen LogP) is 3.31. The molecule has 164 valence electrons. The van der Waals surface area contributed by atoms with E-state index in [-0.39, 0.29) is 12.5 Å². The Labute approximate surface area is 180 Å². The number of carbonyl (C=O) groups excluding carboxylic acids is 2. The Kier molecular flexibility index (Phi) is 6.39. The fraction of sp³-hybridized carbons (Fsp3) is 0.417. The van der Waals surface area contributed by atoms with Crippen LogP contribution in [-0.2, 0) is 26.2 Å². The topological polar surface area (TPSA) is 73.9 Å². The van der Waals surface area contributed by atoms with Gasteiger partial charge in [0.05, 0.1) is 5.41 Å². The highest BCUT2D eigenvalue weighted by Gasteiger charge is 2.45. The molecule has 2 aliphatic rings. The van der Waals surface area contributed by atoms with Gasteiger partial charge in [-0.1, -0.05) is 37.1 Å².